The summed E-state index contributed by atoms with van der Waals surface area (Å²) in [6.07, 6.45) is -4.29. The number of halogens is 3. The standard InChI is InChI=1S/C21H18F3NO/c1-25(14-17-8-3-5-12-19(17)21(22,23)24)20(26)13-16-10-6-9-15-7-2-4-11-18(15)16/h2-12H,13-14H2,1H3. The number of likely N-dealkylation sites (N-methyl/N-ethyl adjacent to an activating group) is 1. The molecule has 0 radical (unpaired) electrons. The molecule has 0 unspecified atom stereocenters. The molecule has 0 spiro atoms. The summed E-state index contributed by atoms with van der Waals surface area (Å²) < 4.78 is 39.4. The fourth-order valence-corrected chi connectivity index (χ4v) is 3.02. The maximum Gasteiger partial charge on any atom is 0.416 e. The Bertz CT molecular complexity index is 928. The van der Waals surface area contributed by atoms with E-state index in [1.807, 2.05) is 42.5 Å². The maximum atomic E-state index is 13.1. The Morgan fingerprint density at radius 2 is 1.50 bits per heavy atom. The highest BCUT2D eigenvalue weighted by molar-refractivity contribution is 5.90. The SMILES string of the molecule is CN(Cc1ccccc1C(F)(F)F)C(=O)Cc1cccc2ccccc12. The molecular formula is C21H18F3NO. The average molecular weight is 357 g/mol. The van der Waals surface area contributed by atoms with Crippen LogP contribution >= 0.6 is 0 Å². The van der Waals surface area contributed by atoms with Crippen LogP contribution in [-0.4, -0.2) is 17.9 Å². The molecule has 3 rings (SSSR count). The van der Waals surface area contributed by atoms with Gasteiger partial charge in [0.15, 0.2) is 0 Å². The van der Waals surface area contributed by atoms with E-state index < -0.39 is 11.7 Å². The lowest BCUT2D eigenvalue weighted by Crippen LogP contribution is -2.28. The van der Waals surface area contributed by atoms with Gasteiger partial charge in [-0.25, -0.2) is 0 Å². The van der Waals surface area contributed by atoms with Crippen LogP contribution in [-0.2, 0) is 23.9 Å². The highest BCUT2D eigenvalue weighted by atomic mass is 19.4. The van der Waals surface area contributed by atoms with Crippen LogP contribution in [0.25, 0.3) is 10.8 Å². The molecule has 0 N–H and O–H groups in total. The van der Waals surface area contributed by atoms with Crippen molar-refractivity contribution in [2.75, 3.05) is 7.05 Å². The molecule has 3 aromatic rings. The van der Waals surface area contributed by atoms with Gasteiger partial charge in [0.1, 0.15) is 0 Å². The number of alkyl halides is 3. The molecule has 0 fully saturated rings. The van der Waals surface area contributed by atoms with Crippen LogP contribution in [0.15, 0.2) is 66.7 Å². The van der Waals surface area contributed by atoms with E-state index in [-0.39, 0.29) is 24.4 Å². The molecule has 5 heteroatoms. The Hall–Kier alpha value is -2.82. The van der Waals surface area contributed by atoms with Gasteiger partial charge in [-0.3, -0.25) is 4.79 Å². The Balaban J connectivity index is 1.79. The summed E-state index contributed by atoms with van der Waals surface area (Å²) in [6.45, 7) is -0.0840. The molecule has 1 amide bonds. The van der Waals surface area contributed by atoms with Crippen molar-refractivity contribution in [2.45, 2.75) is 19.1 Å². The predicted molar refractivity (Wildman–Crippen MR) is 95.6 cm³/mol. The topological polar surface area (TPSA) is 20.3 Å². The van der Waals surface area contributed by atoms with Crippen molar-refractivity contribution < 1.29 is 18.0 Å². The molecule has 134 valence electrons. The van der Waals surface area contributed by atoms with E-state index in [0.717, 1.165) is 22.4 Å². The van der Waals surface area contributed by atoms with Crippen molar-refractivity contribution in [1.29, 1.82) is 0 Å². The van der Waals surface area contributed by atoms with Crippen molar-refractivity contribution in [1.82, 2.24) is 4.90 Å². The summed E-state index contributed by atoms with van der Waals surface area (Å²) in [4.78, 5) is 13.9. The van der Waals surface area contributed by atoms with Gasteiger partial charge in [-0.05, 0) is 28.0 Å². The van der Waals surface area contributed by atoms with Gasteiger partial charge in [-0.15, -0.1) is 0 Å². The number of nitrogens with zero attached hydrogens (tertiary/aromatic N) is 1. The Labute approximate surface area is 149 Å². The molecular weight excluding hydrogens is 339 g/mol. The summed E-state index contributed by atoms with van der Waals surface area (Å²) in [5.74, 6) is -0.224. The second kappa shape index (κ2) is 7.20. The van der Waals surface area contributed by atoms with Crippen LogP contribution in [0.2, 0.25) is 0 Å². The number of hydrogen-bond acceptors (Lipinski definition) is 1. The van der Waals surface area contributed by atoms with E-state index in [2.05, 4.69) is 0 Å². The molecule has 0 atom stereocenters. The zero-order valence-electron chi connectivity index (χ0n) is 14.3. The number of carbonyl (C=O) groups excluding carboxylic acids is 1. The number of hydrogen-bond donors (Lipinski definition) is 0. The third-order valence-corrected chi connectivity index (χ3v) is 4.38. The van der Waals surface area contributed by atoms with Gasteiger partial charge < -0.3 is 4.90 Å². The average Bonchev–Trinajstić information content (AvgIpc) is 2.61. The van der Waals surface area contributed by atoms with E-state index in [9.17, 15) is 18.0 Å². The molecule has 3 aromatic carbocycles. The maximum absolute atomic E-state index is 13.1. The molecule has 0 aliphatic carbocycles. The van der Waals surface area contributed by atoms with Gasteiger partial charge in [-0.1, -0.05) is 60.7 Å². The smallest absolute Gasteiger partial charge is 0.341 e. The first-order chi connectivity index (χ1) is 12.4. The van der Waals surface area contributed by atoms with Crippen molar-refractivity contribution in [3.05, 3.63) is 83.4 Å². The molecule has 2 nitrogen and oxygen atoms in total. The predicted octanol–water partition coefficient (Wildman–Crippen LogP) is 5.06. The lowest BCUT2D eigenvalue weighted by Gasteiger charge is -2.20. The van der Waals surface area contributed by atoms with Crippen molar-refractivity contribution in [2.24, 2.45) is 0 Å². The van der Waals surface area contributed by atoms with E-state index >= 15 is 0 Å². The second-order valence-electron chi connectivity index (χ2n) is 6.22. The summed E-state index contributed by atoms with van der Waals surface area (Å²) >= 11 is 0. The second-order valence-corrected chi connectivity index (χ2v) is 6.22. The number of fused-ring (bicyclic) bond motifs is 1. The molecule has 0 aliphatic rings. The fraction of sp³-hybridized carbons (Fsp3) is 0.190. The van der Waals surface area contributed by atoms with Crippen LogP contribution in [0, 0.1) is 0 Å². The first kappa shape index (κ1) is 18.0. The minimum absolute atomic E-state index is 0.0840. The largest absolute Gasteiger partial charge is 0.416 e. The van der Waals surface area contributed by atoms with E-state index in [4.69, 9.17) is 0 Å². The third kappa shape index (κ3) is 3.87. The normalized spacial score (nSPS) is 11.5. The van der Waals surface area contributed by atoms with Gasteiger partial charge in [0.05, 0.1) is 12.0 Å². The van der Waals surface area contributed by atoms with E-state index in [1.165, 1.54) is 24.1 Å². The van der Waals surface area contributed by atoms with Gasteiger partial charge in [0.25, 0.3) is 0 Å². The van der Waals surface area contributed by atoms with Crippen LogP contribution in [0.3, 0.4) is 0 Å². The molecule has 0 saturated heterocycles. The summed E-state index contributed by atoms with van der Waals surface area (Å²) in [6, 6.07) is 18.8. The van der Waals surface area contributed by atoms with Crippen LogP contribution in [0.5, 0.6) is 0 Å². The molecule has 0 aromatic heterocycles. The summed E-state index contributed by atoms with van der Waals surface area (Å²) in [5, 5.41) is 2.01. The summed E-state index contributed by atoms with van der Waals surface area (Å²) in [5.41, 5.74) is 0.252. The Kier molecular flexibility index (Phi) is 4.98. The molecule has 0 saturated carbocycles. The molecule has 0 bridgehead atoms. The number of rotatable bonds is 4. The van der Waals surface area contributed by atoms with E-state index in [1.54, 1.807) is 6.07 Å². The monoisotopic (exact) mass is 357 g/mol. The Morgan fingerprint density at radius 3 is 2.27 bits per heavy atom. The number of benzene rings is 3. The third-order valence-electron chi connectivity index (χ3n) is 4.38. The minimum Gasteiger partial charge on any atom is -0.341 e. The molecule has 0 aliphatic heterocycles. The van der Waals surface area contributed by atoms with Gasteiger partial charge in [0, 0.05) is 13.6 Å². The van der Waals surface area contributed by atoms with Crippen molar-refractivity contribution >= 4 is 16.7 Å². The van der Waals surface area contributed by atoms with Crippen LogP contribution in [0.4, 0.5) is 13.2 Å². The first-order valence-corrected chi connectivity index (χ1v) is 8.22. The Morgan fingerprint density at radius 1 is 0.885 bits per heavy atom. The van der Waals surface area contributed by atoms with Gasteiger partial charge in [0.2, 0.25) is 5.91 Å². The lowest BCUT2D eigenvalue weighted by molar-refractivity contribution is -0.139. The number of amides is 1. The fourth-order valence-electron chi connectivity index (χ4n) is 3.02. The summed E-state index contributed by atoms with van der Waals surface area (Å²) in [7, 11) is 1.53. The van der Waals surface area contributed by atoms with Gasteiger partial charge >= 0.3 is 6.18 Å². The molecule has 26 heavy (non-hydrogen) atoms. The number of carbonyl (C=O) groups is 1. The first-order valence-electron chi connectivity index (χ1n) is 8.22. The van der Waals surface area contributed by atoms with Crippen molar-refractivity contribution in [3.63, 3.8) is 0 Å². The van der Waals surface area contributed by atoms with E-state index in [0.29, 0.717) is 0 Å². The molecule has 0 heterocycles. The zero-order chi connectivity index (χ0) is 18.7. The highest BCUT2D eigenvalue weighted by Gasteiger charge is 2.33. The lowest BCUT2D eigenvalue weighted by atomic mass is 10.0. The van der Waals surface area contributed by atoms with Crippen LogP contribution in [0.1, 0.15) is 16.7 Å². The minimum atomic E-state index is -4.43. The van der Waals surface area contributed by atoms with Gasteiger partial charge in [-0.2, -0.15) is 13.2 Å². The quantitative estimate of drug-likeness (QED) is 0.639. The van der Waals surface area contributed by atoms with Crippen LogP contribution < -0.4 is 0 Å². The zero-order valence-corrected chi connectivity index (χ0v) is 14.3. The highest BCUT2D eigenvalue weighted by Crippen LogP contribution is 2.32. The van der Waals surface area contributed by atoms with Crippen molar-refractivity contribution in [3.8, 4) is 0 Å².